The first-order chi connectivity index (χ1) is 7.58. The topological polar surface area (TPSA) is 46.3 Å². The molecule has 0 bridgehead atoms. The van der Waals surface area contributed by atoms with Gasteiger partial charge in [0.2, 0.25) is 5.91 Å². The summed E-state index contributed by atoms with van der Waals surface area (Å²) in [5, 5.41) is 0. The second kappa shape index (κ2) is 8.34. The average Bonchev–Trinajstić information content (AvgIpc) is 2.26. The fraction of sp³-hybridized carbons (Fsp3) is 0.769. The van der Waals surface area contributed by atoms with Crippen LogP contribution in [0.4, 0.5) is 0 Å². The van der Waals surface area contributed by atoms with Crippen LogP contribution in [-0.4, -0.2) is 29.9 Å². The van der Waals surface area contributed by atoms with Crippen LogP contribution in [0.3, 0.4) is 0 Å². The highest BCUT2D eigenvalue weighted by atomic mass is 16.1. The molecule has 0 saturated carbocycles. The summed E-state index contributed by atoms with van der Waals surface area (Å²) in [7, 11) is 0. The van der Waals surface area contributed by atoms with Crippen molar-refractivity contribution < 1.29 is 4.79 Å². The third kappa shape index (κ3) is 4.79. The normalized spacial score (nSPS) is 12.8. The Kier molecular flexibility index (Phi) is 7.90. The van der Waals surface area contributed by atoms with Crippen molar-refractivity contribution in [3.8, 4) is 0 Å². The molecule has 0 aliphatic heterocycles. The van der Waals surface area contributed by atoms with Gasteiger partial charge in [-0.3, -0.25) is 9.69 Å². The van der Waals surface area contributed by atoms with Crippen LogP contribution in [0, 0.1) is 0 Å². The van der Waals surface area contributed by atoms with Crippen LogP contribution in [0.15, 0.2) is 12.2 Å². The molecule has 16 heavy (non-hydrogen) atoms. The molecule has 0 fully saturated rings. The molecule has 3 nitrogen and oxygen atoms in total. The summed E-state index contributed by atoms with van der Waals surface area (Å²) in [4.78, 5) is 13.5. The number of carbonyl (C=O) groups excluding carboxylic acids is 1. The Labute approximate surface area is 99.7 Å². The number of rotatable bonds is 9. The summed E-state index contributed by atoms with van der Waals surface area (Å²) < 4.78 is 0. The zero-order valence-electron chi connectivity index (χ0n) is 11.0. The van der Waals surface area contributed by atoms with Crippen molar-refractivity contribution in [2.24, 2.45) is 5.73 Å². The van der Waals surface area contributed by atoms with Crippen LogP contribution in [-0.2, 0) is 4.79 Å². The Morgan fingerprint density at radius 3 is 2.25 bits per heavy atom. The summed E-state index contributed by atoms with van der Waals surface area (Å²) in [6.45, 7) is 12.3. The van der Waals surface area contributed by atoms with E-state index in [1.807, 2.05) is 0 Å². The van der Waals surface area contributed by atoms with E-state index in [0.29, 0.717) is 5.57 Å². The van der Waals surface area contributed by atoms with E-state index < -0.39 is 0 Å². The Balaban J connectivity index is 4.55. The largest absolute Gasteiger partial charge is 0.366 e. The maximum absolute atomic E-state index is 11.2. The molecule has 3 heteroatoms. The lowest BCUT2D eigenvalue weighted by atomic mass is 10.0. The molecule has 0 heterocycles. The number of hydrogen-bond acceptors (Lipinski definition) is 2. The maximum atomic E-state index is 11.2. The minimum atomic E-state index is -0.371. The predicted octanol–water partition coefficient (Wildman–Crippen LogP) is 2.32. The quantitative estimate of drug-likeness (QED) is 0.613. The van der Waals surface area contributed by atoms with Gasteiger partial charge in [0.15, 0.2) is 0 Å². The molecule has 1 unspecified atom stereocenters. The van der Waals surface area contributed by atoms with Gasteiger partial charge in [0.25, 0.3) is 0 Å². The SMILES string of the molecule is C=C(C(N)=O)C(CC)N(CCC)CCCC. The van der Waals surface area contributed by atoms with Gasteiger partial charge in [-0.05, 0) is 32.4 Å². The van der Waals surface area contributed by atoms with Crippen molar-refractivity contribution in [2.45, 2.75) is 52.5 Å². The highest BCUT2D eigenvalue weighted by Gasteiger charge is 2.21. The van der Waals surface area contributed by atoms with E-state index in [1.165, 1.54) is 6.42 Å². The number of hydrogen-bond donors (Lipinski definition) is 1. The van der Waals surface area contributed by atoms with Crippen LogP contribution < -0.4 is 5.73 Å². The monoisotopic (exact) mass is 226 g/mol. The zero-order valence-corrected chi connectivity index (χ0v) is 11.0. The lowest BCUT2D eigenvalue weighted by Crippen LogP contribution is -2.40. The molecule has 0 aliphatic rings. The molecule has 2 N–H and O–H groups in total. The number of unbranched alkanes of at least 4 members (excludes halogenated alkanes) is 1. The third-order valence-electron chi connectivity index (χ3n) is 2.86. The van der Waals surface area contributed by atoms with E-state index in [-0.39, 0.29) is 11.9 Å². The Bertz CT molecular complexity index is 226. The maximum Gasteiger partial charge on any atom is 0.245 e. The van der Waals surface area contributed by atoms with Crippen LogP contribution >= 0.6 is 0 Å². The molecule has 1 atom stereocenters. The predicted molar refractivity (Wildman–Crippen MR) is 69.2 cm³/mol. The lowest BCUT2D eigenvalue weighted by molar-refractivity contribution is -0.115. The average molecular weight is 226 g/mol. The highest BCUT2D eigenvalue weighted by Crippen LogP contribution is 2.14. The van der Waals surface area contributed by atoms with E-state index in [1.54, 1.807) is 0 Å². The number of carbonyl (C=O) groups is 1. The van der Waals surface area contributed by atoms with Gasteiger partial charge in [0.1, 0.15) is 0 Å². The molecule has 94 valence electrons. The molecular weight excluding hydrogens is 200 g/mol. The third-order valence-corrected chi connectivity index (χ3v) is 2.86. The molecule has 0 aliphatic carbocycles. The van der Waals surface area contributed by atoms with E-state index in [4.69, 9.17) is 5.73 Å². The summed E-state index contributed by atoms with van der Waals surface area (Å²) in [5.41, 5.74) is 5.86. The van der Waals surface area contributed by atoms with Crippen LogP contribution in [0.2, 0.25) is 0 Å². The second-order valence-electron chi connectivity index (χ2n) is 4.20. The summed E-state index contributed by atoms with van der Waals surface area (Å²) in [6.07, 6.45) is 4.31. The first-order valence-electron chi connectivity index (χ1n) is 6.31. The van der Waals surface area contributed by atoms with E-state index >= 15 is 0 Å². The number of amides is 1. The van der Waals surface area contributed by atoms with Crippen molar-refractivity contribution in [3.63, 3.8) is 0 Å². The van der Waals surface area contributed by atoms with Crippen molar-refractivity contribution in [1.29, 1.82) is 0 Å². The van der Waals surface area contributed by atoms with Crippen molar-refractivity contribution in [1.82, 2.24) is 4.90 Å². The van der Waals surface area contributed by atoms with Crippen molar-refractivity contribution in [2.75, 3.05) is 13.1 Å². The Morgan fingerprint density at radius 2 is 1.88 bits per heavy atom. The fourth-order valence-corrected chi connectivity index (χ4v) is 1.96. The Hall–Kier alpha value is -0.830. The Morgan fingerprint density at radius 1 is 1.25 bits per heavy atom. The molecular formula is C13H26N2O. The van der Waals surface area contributed by atoms with Gasteiger partial charge in [0.05, 0.1) is 0 Å². The summed E-state index contributed by atoms with van der Waals surface area (Å²) >= 11 is 0. The van der Waals surface area contributed by atoms with Crippen molar-refractivity contribution >= 4 is 5.91 Å². The van der Waals surface area contributed by atoms with E-state index in [9.17, 15) is 4.79 Å². The zero-order chi connectivity index (χ0) is 12.6. The van der Waals surface area contributed by atoms with Gasteiger partial charge in [-0.2, -0.15) is 0 Å². The standard InChI is InChI=1S/C13H26N2O/c1-5-8-10-15(9-6-2)12(7-3)11(4)13(14)16/h12H,4-10H2,1-3H3,(H2,14,16). The highest BCUT2D eigenvalue weighted by molar-refractivity contribution is 5.92. The van der Waals surface area contributed by atoms with E-state index in [2.05, 4.69) is 32.3 Å². The van der Waals surface area contributed by atoms with Gasteiger partial charge < -0.3 is 5.73 Å². The first kappa shape index (κ1) is 15.2. The molecule has 0 aromatic heterocycles. The second-order valence-corrected chi connectivity index (χ2v) is 4.20. The molecule has 1 amide bonds. The molecule has 0 radical (unpaired) electrons. The minimum absolute atomic E-state index is 0.115. The van der Waals surface area contributed by atoms with Gasteiger partial charge >= 0.3 is 0 Å². The first-order valence-corrected chi connectivity index (χ1v) is 6.31. The number of primary amides is 1. The molecule has 0 aromatic carbocycles. The van der Waals surface area contributed by atoms with E-state index in [0.717, 1.165) is 32.4 Å². The summed E-state index contributed by atoms with van der Waals surface area (Å²) in [5.74, 6) is -0.371. The van der Waals surface area contributed by atoms with Gasteiger partial charge in [0, 0.05) is 11.6 Å². The fourth-order valence-electron chi connectivity index (χ4n) is 1.96. The van der Waals surface area contributed by atoms with Crippen molar-refractivity contribution in [3.05, 3.63) is 12.2 Å². The molecule has 0 spiro atoms. The minimum Gasteiger partial charge on any atom is -0.366 e. The van der Waals surface area contributed by atoms with Gasteiger partial charge in [-0.1, -0.05) is 33.8 Å². The van der Waals surface area contributed by atoms with Crippen LogP contribution in [0.25, 0.3) is 0 Å². The van der Waals surface area contributed by atoms with Gasteiger partial charge in [-0.15, -0.1) is 0 Å². The molecule has 0 rings (SSSR count). The van der Waals surface area contributed by atoms with Crippen LogP contribution in [0.5, 0.6) is 0 Å². The molecule has 0 aromatic rings. The smallest absolute Gasteiger partial charge is 0.245 e. The number of nitrogens with two attached hydrogens (primary N) is 1. The lowest BCUT2D eigenvalue weighted by Gasteiger charge is -2.31. The molecule has 0 saturated heterocycles. The van der Waals surface area contributed by atoms with Gasteiger partial charge in [-0.25, -0.2) is 0 Å². The number of nitrogens with zero attached hydrogens (tertiary/aromatic N) is 1. The summed E-state index contributed by atoms with van der Waals surface area (Å²) in [6, 6.07) is 0.115. The van der Waals surface area contributed by atoms with Crippen LogP contribution in [0.1, 0.15) is 46.5 Å².